The zero-order valence-corrected chi connectivity index (χ0v) is 18.1. The molecule has 0 heterocycles. The van der Waals surface area contributed by atoms with Gasteiger partial charge < -0.3 is 25.4 Å². The predicted octanol–water partition coefficient (Wildman–Crippen LogP) is 2.46. The Labute approximate surface area is 174 Å². The number of nitrogens with one attached hydrogen (secondary N) is 3. The molecule has 1 fully saturated rings. The second kappa shape index (κ2) is 12.3. The molecular formula is C22H36N4O3. The van der Waals surface area contributed by atoms with E-state index in [2.05, 4.69) is 20.9 Å². The Morgan fingerprint density at radius 2 is 1.83 bits per heavy atom. The van der Waals surface area contributed by atoms with Crippen LogP contribution in [0.25, 0.3) is 0 Å². The van der Waals surface area contributed by atoms with Gasteiger partial charge in [-0.15, -0.1) is 0 Å². The van der Waals surface area contributed by atoms with Gasteiger partial charge in [0.2, 0.25) is 5.91 Å². The van der Waals surface area contributed by atoms with Crippen molar-refractivity contribution < 1.29 is 14.3 Å². The van der Waals surface area contributed by atoms with Gasteiger partial charge in [0.25, 0.3) is 0 Å². The van der Waals surface area contributed by atoms with Crippen LogP contribution in [0.15, 0.2) is 29.3 Å². The minimum atomic E-state index is -0.104. The van der Waals surface area contributed by atoms with E-state index in [1.165, 1.54) is 25.7 Å². The third-order valence-corrected chi connectivity index (χ3v) is 5.51. The van der Waals surface area contributed by atoms with Crippen molar-refractivity contribution in [2.45, 2.75) is 45.6 Å². The summed E-state index contributed by atoms with van der Waals surface area (Å²) in [6.45, 7) is 4.99. The molecule has 0 aromatic heterocycles. The summed E-state index contributed by atoms with van der Waals surface area (Å²) in [5, 5.41) is 9.59. The Bertz CT molecular complexity index is 640. The van der Waals surface area contributed by atoms with Crippen LogP contribution in [-0.2, 0) is 16.1 Å². The molecule has 2 rings (SSSR count). The van der Waals surface area contributed by atoms with E-state index in [4.69, 9.17) is 9.47 Å². The number of ether oxygens (including phenoxy) is 2. The highest BCUT2D eigenvalue weighted by atomic mass is 16.5. The lowest BCUT2D eigenvalue weighted by Gasteiger charge is -2.30. The molecule has 1 aromatic carbocycles. The predicted molar refractivity (Wildman–Crippen MR) is 116 cm³/mol. The molecule has 1 aromatic rings. The minimum Gasteiger partial charge on any atom is -0.497 e. The number of carbonyl (C=O) groups excluding carboxylic acids is 1. The smallest absolute Gasteiger partial charge is 0.242 e. The van der Waals surface area contributed by atoms with Crippen LogP contribution in [0, 0.1) is 5.41 Å². The lowest BCUT2D eigenvalue weighted by Crippen LogP contribution is -2.44. The quantitative estimate of drug-likeness (QED) is 0.390. The number of benzene rings is 1. The first-order chi connectivity index (χ1) is 14.1. The lowest BCUT2D eigenvalue weighted by molar-refractivity contribution is -0.119. The van der Waals surface area contributed by atoms with Crippen molar-refractivity contribution in [3.63, 3.8) is 0 Å². The largest absolute Gasteiger partial charge is 0.497 e. The Kier molecular flexibility index (Phi) is 9.77. The fourth-order valence-electron chi connectivity index (χ4n) is 3.72. The zero-order valence-electron chi connectivity index (χ0n) is 18.1. The lowest BCUT2D eigenvalue weighted by atomic mass is 9.83. The van der Waals surface area contributed by atoms with E-state index in [9.17, 15) is 4.79 Å². The summed E-state index contributed by atoms with van der Waals surface area (Å²) in [5.74, 6) is 1.39. The van der Waals surface area contributed by atoms with E-state index in [1.54, 1.807) is 14.2 Å². The number of hydrogen-bond donors (Lipinski definition) is 3. The number of amides is 1. The van der Waals surface area contributed by atoms with E-state index in [-0.39, 0.29) is 17.9 Å². The minimum absolute atomic E-state index is 0.0938. The van der Waals surface area contributed by atoms with Crippen LogP contribution < -0.4 is 20.7 Å². The van der Waals surface area contributed by atoms with Crippen molar-refractivity contribution in [3.05, 3.63) is 29.8 Å². The van der Waals surface area contributed by atoms with Crippen molar-refractivity contribution in [2.24, 2.45) is 10.4 Å². The molecule has 0 spiro atoms. The van der Waals surface area contributed by atoms with E-state index in [0.29, 0.717) is 12.5 Å². The second-order valence-corrected chi connectivity index (χ2v) is 7.62. The summed E-state index contributed by atoms with van der Waals surface area (Å²) >= 11 is 0. The molecule has 0 bridgehead atoms. The molecule has 29 heavy (non-hydrogen) atoms. The molecule has 1 saturated carbocycles. The molecular weight excluding hydrogens is 368 g/mol. The van der Waals surface area contributed by atoms with Gasteiger partial charge in [-0.25, -0.2) is 4.99 Å². The Hall–Kier alpha value is -2.28. The van der Waals surface area contributed by atoms with E-state index in [1.807, 2.05) is 31.2 Å². The maximum Gasteiger partial charge on any atom is 0.242 e. The van der Waals surface area contributed by atoms with Crippen LogP contribution in [0.1, 0.15) is 44.6 Å². The molecule has 7 nitrogen and oxygen atoms in total. The summed E-state index contributed by atoms with van der Waals surface area (Å²) in [7, 11) is 3.39. The number of hydrogen-bond acceptors (Lipinski definition) is 4. The average Bonchev–Trinajstić information content (AvgIpc) is 3.22. The van der Waals surface area contributed by atoms with Crippen molar-refractivity contribution >= 4 is 11.9 Å². The molecule has 1 aliphatic rings. The monoisotopic (exact) mass is 404 g/mol. The number of rotatable bonds is 11. The molecule has 0 aliphatic heterocycles. The standard InChI is InChI=1S/C22H36N4O3/c1-4-23-21(26-17-22(13-14-28-2)11-5-6-12-22)25-16-20(27)24-15-18-7-9-19(29-3)10-8-18/h7-10H,4-6,11-17H2,1-3H3,(H,24,27)(H2,23,25,26). The summed E-state index contributed by atoms with van der Waals surface area (Å²) < 4.78 is 10.4. The highest BCUT2D eigenvalue weighted by molar-refractivity contribution is 5.84. The molecule has 1 aliphatic carbocycles. The first-order valence-corrected chi connectivity index (χ1v) is 10.5. The number of aliphatic imine (C=N–C) groups is 1. The van der Waals surface area contributed by atoms with E-state index < -0.39 is 0 Å². The molecule has 3 N–H and O–H groups in total. The van der Waals surface area contributed by atoms with Crippen molar-refractivity contribution in [2.75, 3.05) is 40.5 Å². The number of methoxy groups -OCH3 is 2. The molecule has 162 valence electrons. The third-order valence-electron chi connectivity index (χ3n) is 5.51. The topological polar surface area (TPSA) is 84.0 Å². The van der Waals surface area contributed by atoms with Gasteiger partial charge in [0, 0.05) is 33.4 Å². The Morgan fingerprint density at radius 3 is 2.45 bits per heavy atom. The van der Waals surface area contributed by atoms with Gasteiger partial charge in [0.1, 0.15) is 12.3 Å². The normalized spacial score (nSPS) is 15.8. The summed E-state index contributed by atoms with van der Waals surface area (Å²) in [6.07, 6.45) is 6.02. The maximum atomic E-state index is 12.2. The van der Waals surface area contributed by atoms with Crippen LogP contribution in [0.2, 0.25) is 0 Å². The van der Waals surface area contributed by atoms with Crippen molar-refractivity contribution in [1.82, 2.24) is 16.0 Å². The molecule has 7 heteroatoms. The van der Waals surface area contributed by atoms with Crippen LogP contribution in [0.3, 0.4) is 0 Å². The van der Waals surface area contributed by atoms with Gasteiger partial charge in [0.15, 0.2) is 5.96 Å². The molecule has 0 radical (unpaired) electrons. The Morgan fingerprint density at radius 1 is 1.10 bits per heavy atom. The summed E-state index contributed by atoms with van der Waals surface area (Å²) in [5.41, 5.74) is 1.29. The SMILES string of the molecule is CCNC(=NCC(=O)NCc1ccc(OC)cc1)NCC1(CCOC)CCCC1. The summed E-state index contributed by atoms with van der Waals surface area (Å²) in [4.78, 5) is 16.7. The van der Waals surface area contributed by atoms with Crippen LogP contribution in [-0.4, -0.2) is 52.3 Å². The maximum absolute atomic E-state index is 12.2. The van der Waals surface area contributed by atoms with Gasteiger partial charge in [-0.05, 0) is 49.3 Å². The van der Waals surface area contributed by atoms with E-state index in [0.717, 1.165) is 37.4 Å². The van der Waals surface area contributed by atoms with Crippen molar-refractivity contribution in [3.8, 4) is 5.75 Å². The van der Waals surface area contributed by atoms with Gasteiger partial charge in [-0.1, -0.05) is 25.0 Å². The highest BCUT2D eigenvalue weighted by Gasteiger charge is 2.33. The summed E-state index contributed by atoms with van der Waals surface area (Å²) in [6, 6.07) is 7.65. The molecule has 0 atom stereocenters. The zero-order chi connectivity index (χ0) is 21.0. The third kappa shape index (κ3) is 7.93. The first-order valence-electron chi connectivity index (χ1n) is 10.5. The van der Waals surface area contributed by atoms with Gasteiger partial charge in [-0.3, -0.25) is 4.79 Å². The average molecular weight is 405 g/mol. The number of nitrogens with zero attached hydrogens (tertiary/aromatic N) is 1. The van der Waals surface area contributed by atoms with E-state index >= 15 is 0 Å². The van der Waals surface area contributed by atoms with Gasteiger partial charge in [-0.2, -0.15) is 0 Å². The van der Waals surface area contributed by atoms with Crippen LogP contribution >= 0.6 is 0 Å². The van der Waals surface area contributed by atoms with Crippen molar-refractivity contribution in [1.29, 1.82) is 0 Å². The molecule has 0 unspecified atom stereocenters. The fraction of sp³-hybridized carbons (Fsp3) is 0.636. The number of carbonyl (C=O) groups is 1. The molecule has 0 saturated heterocycles. The van der Waals surface area contributed by atoms with Crippen LogP contribution in [0.5, 0.6) is 5.75 Å². The Balaban J connectivity index is 1.82. The second-order valence-electron chi connectivity index (χ2n) is 7.62. The van der Waals surface area contributed by atoms with Crippen LogP contribution in [0.4, 0.5) is 0 Å². The first kappa shape index (κ1) is 23.0. The van der Waals surface area contributed by atoms with Gasteiger partial charge >= 0.3 is 0 Å². The molecule has 1 amide bonds. The highest BCUT2D eigenvalue weighted by Crippen LogP contribution is 2.40. The number of guanidine groups is 1. The fourth-order valence-corrected chi connectivity index (χ4v) is 3.72. The van der Waals surface area contributed by atoms with Gasteiger partial charge in [0.05, 0.1) is 7.11 Å².